The van der Waals surface area contributed by atoms with Crippen LogP contribution < -0.4 is 5.32 Å². The van der Waals surface area contributed by atoms with E-state index in [9.17, 15) is 4.79 Å². The first-order valence-corrected chi connectivity index (χ1v) is 5.88. The van der Waals surface area contributed by atoms with Crippen molar-refractivity contribution in [2.45, 2.75) is 32.7 Å². The zero-order chi connectivity index (χ0) is 12.4. The molecule has 2 N–H and O–H groups in total. The number of nitrogens with one attached hydrogen (secondary N) is 1. The Bertz CT molecular complexity index is 403. The lowest BCUT2D eigenvalue weighted by Crippen LogP contribution is -2.09. The van der Waals surface area contributed by atoms with Crippen LogP contribution >= 0.6 is 0 Å². The number of aromatic nitrogens is 2. The highest BCUT2D eigenvalue weighted by Gasteiger charge is 2.37. The Morgan fingerprint density at radius 3 is 2.82 bits per heavy atom. The minimum Gasteiger partial charge on any atom is -0.476 e. The van der Waals surface area contributed by atoms with Crippen LogP contribution in [0.5, 0.6) is 0 Å². The Labute approximate surface area is 100 Å². The predicted molar refractivity (Wildman–Crippen MR) is 64.0 cm³/mol. The Hall–Kier alpha value is -1.65. The van der Waals surface area contributed by atoms with Gasteiger partial charge in [-0.15, -0.1) is 0 Å². The highest BCUT2D eigenvalue weighted by molar-refractivity contribution is 5.84. The van der Waals surface area contributed by atoms with E-state index in [1.54, 1.807) is 0 Å². The van der Waals surface area contributed by atoms with E-state index in [0.717, 1.165) is 5.92 Å². The van der Waals surface area contributed by atoms with E-state index in [0.29, 0.717) is 17.8 Å². The molecule has 1 heterocycles. The first kappa shape index (κ1) is 11.8. The van der Waals surface area contributed by atoms with Crippen molar-refractivity contribution in [3.05, 3.63) is 18.1 Å². The van der Waals surface area contributed by atoms with Crippen molar-refractivity contribution < 1.29 is 9.90 Å². The Balaban J connectivity index is 1.86. The monoisotopic (exact) mass is 235 g/mol. The smallest absolute Gasteiger partial charge is 0.356 e. The predicted octanol–water partition coefficient (Wildman–Crippen LogP) is 2.02. The van der Waals surface area contributed by atoms with Crippen molar-refractivity contribution in [2.75, 3.05) is 5.32 Å². The first-order chi connectivity index (χ1) is 8.06. The summed E-state index contributed by atoms with van der Waals surface area (Å²) in [5.41, 5.74) is -0.0231. The fourth-order valence-electron chi connectivity index (χ4n) is 1.99. The molecule has 1 saturated carbocycles. The second-order valence-electron chi connectivity index (χ2n) is 4.97. The van der Waals surface area contributed by atoms with Gasteiger partial charge in [0.2, 0.25) is 0 Å². The van der Waals surface area contributed by atoms with Crippen LogP contribution in [0.1, 0.15) is 37.2 Å². The van der Waals surface area contributed by atoms with Crippen LogP contribution in [-0.4, -0.2) is 27.1 Å². The molecule has 1 aromatic rings. The number of carbonyl (C=O) groups is 1. The van der Waals surface area contributed by atoms with E-state index in [1.807, 2.05) is 0 Å². The van der Waals surface area contributed by atoms with Crippen LogP contribution in [-0.2, 0) is 0 Å². The largest absolute Gasteiger partial charge is 0.476 e. The normalized spacial score (nSPS) is 22.5. The maximum Gasteiger partial charge on any atom is 0.356 e. The summed E-state index contributed by atoms with van der Waals surface area (Å²) in [6.07, 6.45) is 5.15. The molecule has 1 aromatic heterocycles. The third kappa shape index (κ3) is 3.15. The molecule has 0 unspecified atom stereocenters. The zero-order valence-electron chi connectivity index (χ0n) is 10.1. The van der Waals surface area contributed by atoms with Crippen LogP contribution in [0.4, 0.5) is 5.82 Å². The molecule has 5 heteroatoms. The zero-order valence-corrected chi connectivity index (χ0v) is 10.1. The molecule has 17 heavy (non-hydrogen) atoms. The van der Waals surface area contributed by atoms with E-state index in [-0.39, 0.29) is 5.69 Å². The number of carboxylic acid groups (broad SMARTS) is 1. The summed E-state index contributed by atoms with van der Waals surface area (Å²) in [5.74, 6) is 1.04. The molecule has 0 spiro atoms. The molecule has 92 valence electrons. The molecule has 0 aliphatic heterocycles. The van der Waals surface area contributed by atoms with Gasteiger partial charge in [-0.1, -0.05) is 13.8 Å². The van der Waals surface area contributed by atoms with E-state index >= 15 is 0 Å². The maximum atomic E-state index is 10.6. The van der Waals surface area contributed by atoms with Crippen LogP contribution in [0.25, 0.3) is 0 Å². The van der Waals surface area contributed by atoms with Crippen molar-refractivity contribution in [1.29, 1.82) is 0 Å². The lowest BCUT2D eigenvalue weighted by molar-refractivity contribution is 0.0690. The van der Waals surface area contributed by atoms with E-state index in [2.05, 4.69) is 29.1 Å². The highest BCUT2D eigenvalue weighted by atomic mass is 16.4. The van der Waals surface area contributed by atoms with Crippen molar-refractivity contribution in [1.82, 2.24) is 9.97 Å². The lowest BCUT2D eigenvalue weighted by Gasteiger charge is -2.06. The number of hydrogen-bond donors (Lipinski definition) is 2. The molecular weight excluding hydrogens is 218 g/mol. The summed E-state index contributed by atoms with van der Waals surface area (Å²) >= 11 is 0. The molecule has 1 aliphatic rings. The molecule has 0 aromatic carbocycles. The van der Waals surface area contributed by atoms with E-state index in [1.165, 1.54) is 25.2 Å². The average Bonchev–Trinajstić information content (AvgIpc) is 2.96. The molecule has 1 fully saturated rings. The number of rotatable bonds is 5. The van der Waals surface area contributed by atoms with Crippen molar-refractivity contribution in [3.8, 4) is 0 Å². The molecule has 0 amide bonds. The van der Waals surface area contributed by atoms with Gasteiger partial charge in [0.1, 0.15) is 5.82 Å². The van der Waals surface area contributed by atoms with Gasteiger partial charge in [-0.05, 0) is 24.7 Å². The second kappa shape index (κ2) is 4.69. The fraction of sp³-hybridized carbons (Fsp3) is 0.583. The van der Waals surface area contributed by atoms with Gasteiger partial charge in [0, 0.05) is 6.04 Å². The third-order valence-electron chi connectivity index (χ3n) is 2.90. The molecule has 1 aliphatic carbocycles. The molecular formula is C12H17N3O2. The molecule has 0 radical (unpaired) electrons. The summed E-state index contributed by atoms with van der Waals surface area (Å²) in [7, 11) is 0. The SMILES string of the molecule is CC(C)C[C@@H]1C[C@H]1Nc1cnc(C(=O)O)cn1. The number of aromatic carboxylic acids is 1. The van der Waals surface area contributed by atoms with Crippen LogP contribution in [0.2, 0.25) is 0 Å². The van der Waals surface area contributed by atoms with Crippen molar-refractivity contribution in [3.63, 3.8) is 0 Å². The number of nitrogens with zero attached hydrogens (tertiary/aromatic N) is 2. The standard InChI is InChI=1S/C12H17N3O2/c1-7(2)3-8-4-9(8)15-11-6-13-10(5-14-11)12(16)17/h5-9H,3-4H2,1-2H3,(H,14,15)(H,16,17)/t8-,9-/m1/s1. The third-order valence-corrected chi connectivity index (χ3v) is 2.90. The van der Waals surface area contributed by atoms with Crippen LogP contribution in [0, 0.1) is 11.8 Å². The molecule has 5 nitrogen and oxygen atoms in total. The van der Waals surface area contributed by atoms with Gasteiger partial charge in [-0.2, -0.15) is 0 Å². The Kier molecular flexibility index (Phi) is 3.26. The number of carboxylic acids is 1. The second-order valence-corrected chi connectivity index (χ2v) is 4.97. The summed E-state index contributed by atoms with van der Waals surface area (Å²) < 4.78 is 0. The first-order valence-electron chi connectivity index (χ1n) is 5.88. The van der Waals surface area contributed by atoms with E-state index in [4.69, 9.17) is 5.11 Å². The molecule has 2 rings (SSSR count). The highest BCUT2D eigenvalue weighted by Crippen LogP contribution is 2.38. The quantitative estimate of drug-likeness (QED) is 0.816. The minimum absolute atomic E-state index is 0.0231. The van der Waals surface area contributed by atoms with Gasteiger partial charge < -0.3 is 10.4 Å². The van der Waals surface area contributed by atoms with Gasteiger partial charge in [-0.3, -0.25) is 0 Å². The summed E-state index contributed by atoms with van der Waals surface area (Å²) in [4.78, 5) is 18.5. The molecule has 0 bridgehead atoms. The van der Waals surface area contributed by atoms with Gasteiger partial charge in [0.15, 0.2) is 5.69 Å². The number of anilines is 1. The average molecular weight is 235 g/mol. The van der Waals surface area contributed by atoms with Gasteiger partial charge in [0.25, 0.3) is 0 Å². The Morgan fingerprint density at radius 1 is 1.53 bits per heavy atom. The molecule has 2 atom stereocenters. The van der Waals surface area contributed by atoms with Crippen LogP contribution in [0.15, 0.2) is 12.4 Å². The topological polar surface area (TPSA) is 75.1 Å². The summed E-state index contributed by atoms with van der Waals surface area (Å²) in [6, 6.07) is 0.474. The van der Waals surface area contributed by atoms with Gasteiger partial charge in [-0.25, -0.2) is 14.8 Å². The van der Waals surface area contributed by atoms with Crippen molar-refractivity contribution in [2.24, 2.45) is 11.8 Å². The summed E-state index contributed by atoms with van der Waals surface area (Å²) in [5, 5.41) is 12.0. The molecule has 0 saturated heterocycles. The Morgan fingerprint density at radius 2 is 2.29 bits per heavy atom. The lowest BCUT2D eigenvalue weighted by atomic mass is 10.1. The van der Waals surface area contributed by atoms with E-state index < -0.39 is 5.97 Å². The van der Waals surface area contributed by atoms with Crippen LogP contribution in [0.3, 0.4) is 0 Å². The maximum absolute atomic E-state index is 10.6. The fourth-order valence-corrected chi connectivity index (χ4v) is 1.99. The summed E-state index contributed by atoms with van der Waals surface area (Å²) in [6.45, 7) is 4.44. The number of hydrogen-bond acceptors (Lipinski definition) is 4. The van der Waals surface area contributed by atoms with Gasteiger partial charge in [0.05, 0.1) is 12.4 Å². The minimum atomic E-state index is -1.05. The van der Waals surface area contributed by atoms with Gasteiger partial charge >= 0.3 is 5.97 Å². The van der Waals surface area contributed by atoms with Crippen molar-refractivity contribution >= 4 is 11.8 Å².